The van der Waals surface area contributed by atoms with Crippen molar-refractivity contribution in [3.63, 3.8) is 0 Å². The molecule has 1 aromatic carbocycles. The molecule has 0 fully saturated rings. The minimum absolute atomic E-state index is 0.259. The summed E-state index contributed by atoms with van der Waals surface area (Å²) in [6.07, 6.45) is 1.36. The van der Waals surface area contributed by atoms with Gasteiger partial charge in [-0.25, -0.2) is 0 Å². The van der Waals surface area contributed by atoms with E-state index in [1.807, 2.05) is 24.3 Å². The van der Waals surface area contributed by atoms with Crippen LogP contribution in [0.15, 0.2) is 41.1 Å². The van der Waals surface area contributed by atoms with Gasteiger partial charge >= 0.3 is 0 Å². The van der Waals surface area contributed by atoms with Crippen LogP contribution in [-0.2, 0) is 13.1 Å². The molecular weight excluding hydrogens is 218 g/mol. The summed E-state index contributed by atoms with van der Waals surface area (Å²) < 4.78 is 4.60. The number of carbonyl (C=O) groups excluding carboxylic acids is 1. The van der Waals surface area contributed by atoms with Crippen LogP contribution in [-0.4, -0.2) is 11.1 Å². The van der Waals surface area contributed by atoms with Crippen LogP contribution in [0.5, 0.6) is 0 Å². The molecule has 5 nitrogen and oxygen atoms in total. The van der Waals surface area contributed by atoms with Crippen LogP contribution in [0.2, 0.25) is 0 Å². The molecule has 0 aliphatic rings. The molecule has 88 valence electrons. The summed E-state index contributed by atoms with van der Waals surface area (Å²) >= 11 is 0. The first-order valence-corrected chi connectivity index (χ1v) is 5.26. The highest BCUT2D eigenvalue weighted by Crippen LogP contribution is 2.07. The zero-order valence-electron chi connectivity index (χ0n) is 9.22. The van der Waals surface area contributed by atoms with E-state index >= 15 is 0 Å². The van der Waals surface area contributed by atoms with Crippen molar-refractivity contribution in [3.05, 3.63) is 53.4 Å². The summed E-state index contributed by atoms with van der Waals surface area (Å²) in [7, 11) is 0. The summed E-state index contributed by atoms with van der Waals surface area (Å²) in [5.74, 6) is -0.259. The second-order valence-electron chi connectivity index (χ2n) is 3.54. The van der Waals surface area contributed by atoms with Crippen LogP contribution in [0.1, 0.15) is 21.6 Å². The lowest BCUT2D eigenvalue weighted by Gasteiger charge is -2.07. The normalized spacial score (nSPS) is 10.2. The number of rotatable bonds is 4. The number of nitrogens with two attached hydrogens (primary N) is 1. The lowest BCUT2D eigenvalue weighted by Crippen LogP contribution is -2.23. The monoisotopic (exact) mass is 231 g/mol. The zero-order valence-corrected chi connectivity index (χ0v) is 9.22. The van der Waals surface area contributed by atoms with Crippen LogP contribution >= 0.6 is 0 Å². The van der Waals surface area contributed by atoms with E-state index in [1.54, 1.807) is 0 Å². The first-order valence-electron chi connectivity index (χ1n) is 5.26. The van der Waals surface area contributed by atoms with E-state index in [4.69, 9.17) is 5.73 Å². The molecule has 1 aromatic heterocycles. The number of amides is 1. The molecule has 0 aliphatic carbocycles. The molecule has 0 saturated heterocycles. The van der Waals surface area contributed by atoms with Gasteiger partial charge in [0.2, 0.25) is 0 Å². The molecule has 17 heavy (non-hydrogen) atoms. The van der Waals surface area contributed by atoms with Crippen molar-refractivity contribution in [3.8, 4) is 0 Å². The molecule has 1 amide bonds. The van der Waals surface area contributed by atoms with Gasteiger partial charge in [0.05, 0.1) is 0 Å². The Bertz CT molecular complexity index is 494. The van der Waals surface area contributed by atoms with Crippen molar-refractivity contribution in [2.75, 3.05) is 0 Å². The van der Waals surface area contributed by atoms with Crippen molar-refractivity contribution in [1.29, 1.82) is 0 Å². The third kappa shape index (κ3) is 2.70. The minimum atomic E-state index is -0.259. The van der Waals surface area contributed by atoms with Gasteiger partial charge in [-0.1, -0.05) is 29.4 Å². The third-order valence-corrected chi connectivity index (χ3v) is 2.45. The van der Waals surface area contributed by atoms with Gasteiger partial charge in [-0.2, -0.15) is 0 Å². The van der Waals surface area contributed by atoms with E-state index in [2.05, 4.69) is 15.0 Å². The van der Waals surface area contributed by atoms with Gasteiger partial charge in [-0.3, -0.25) is 4.79 Å². The van der Waals surface area contributed by atoms with E-state index < -0.39 is 0 Å². The standard InChI is InChI=1S/C12H13N3O2/c13-7-9-3-1-2-4-10(9)8-14-12(16)11-5-6-17-15-11/h1-6H,7-8,13H2,(H,14,16). The van der Waals surface area contributed by atoms with E-state index in [0.717, 1.165) is 11.1 Å². The minimum Gasteiger partial charge on any atom is -0.364 e. The van der Waals surface area contributed by atoms with Crippen LogP contribution in [0.25, 0.3) is 0 Å². The Morgan fingerprint density at radius 2 is 2.06 bits per heavy atom. The number of nitrogens with one attached hydrogen (secondary N) is 1. The molecule has 3 N–H and O–H groups in total. The molecule has 2 rings (SSSR count). The molecule has 0 radical (unpaired) electrons. The van der Waals surface area contributed by atoms with Gasteiger partial charge in [0.25, 0.3) is 5.91 Å². The predicted molar refractivity (Wildman–Crippen MR) is 62.0 cm³/mol. The average molecular weight is 231 g/mol. The highest BCUT2D eigenvalue weighted by Gasteiger charge is 2.08. The van der Waals surface area contributed by atoms with Crippen molar-refractivity contribution in [2.24, 2.45) is 5.73 Å². The fraction of sp³-hybridized carbons (Fsp3) is 0.167. The Morgan fingerprint density at radius 1 is 1.29 bits per heavy atom. The summed E-state index contributed by atoms with van der Waals surface area (Å²) in [4.78, 5) is 11.6. The van der Waals surface area contributed by atoms with Crippen LogP contribution < -0.4 is 11.1 Å². The molecule has 1 heterocycles. The van der Waals surface area contributed by atoms with Gasteiger partial charge < -0.3 is 15.6 Å². The van der Waals surface area contributed by atoms with Gasteiger partial charge in [-0.15, -0.1) is 0 Å². The van der Waals surface area contributed by atoms with Crippen LogP contribution in [0.3, 0.4) is 0 Å². The van der Waals surface area contributed by atoms with Crippen molar-refractivity contribution in [1.82, 2.24) is 10.5 Å². The fourth-order valence-corrected chi connectivity index (χ4v) is 1.52. The quantitative estimate of drug-likeness (QED) is 0.824. The lowest BCUT2D eigenvalue weighted by atomic mass is 10.1. The maximum Gasteiger partial charge on any atom is 0.273 e. The Balaban J connectivity index is 2.00. The maximum absolute atomic E-state index is 11.6. The smallest absolute Gasteiger partial charge is 0.273 e. The molecule has 0 bridgehead atoms. The van der Waals surface area contributed by atoms with E-state index in [9.17, 15) is 4.79 Å². The Kier molecular flexibility index (Phi) is 3.52. The summed E-state index contributed by atoms with van der Waals surface area (Å²) in [5, 5.41) is 6.32. The zero-order chi connectivity index (χ0) is 12.1. The second-order valence-corrected chi connectivity index (χ2v) is 3.54. The molecule has 0 atom stereocenters. The average Bonchev–Trinajstić information content (AvgIpc) is 2.90. The van der Waals surface area contributed by atoms with Gasteiger partial charge in [0.15, 0.2) is 5.69 Å². The molecule has 0 unspecified atom stereocenters. The topological polar surface area (TPSA) is 81.1 Å². The van der Waals surface area contributed by atoms with E-state index in [-0.39, 0.29) is 11.6 Å². The first-order chi connectivity index (χ1) is 8.31. The number of hydrogen-bond acceptors (Lipinski definition) is 4. The fourth-order valence-electron chi connectivity index (χ4n) is 1.52. The highest BCUT2D eigenvalue weighted by molar-refractivity contribution is 5.91. The van der Waals surface area contributed by atoms with Crippen molar-refractivity contribution in [2.45, 2.75) is 13.1 Å². The van der Waals surface area contributed by atoms with Gasteiger partial charge in [0, 0.05) is 19.2 Å². The highest BCUT2D eigenvalue weighted by atomic mass is 16.5. The number of carbonyl (C=O) groups is 1. The maximum atomic E-state index is 11.6. The van der Waals surface area contributed by atoms with Crippen molar-refractivity contribution < 1.29 is 9.32 Å². The molecule has 0 spiro atoms. The molecular formula is C12H13N3O2. The Morgan fingerprint density at radius 3 is 2.71 bits per heavy atom. The number of aromatic nitrogens is 1. The SMILES string of the molecule is NCc1ccccc1CNC(=O)c1ccon1. The third-order valence-electron chi connectivity index (χ3n) is 2.45. The molecule has 5 heteroatoms. The number of nitrogens with zero attached hydrogens (tertiary/aromatic N) is 1. The van der Waals surface area contributed by atoms with Crippen molar-refractivity contribution >= 4 is 5.91 Å². The molecule has 0 saturated carbocycles. The lowest BCUT2D eigenvalue weighted by molar-refractivity contribution is 0.0942. The van der Waals surface area contributed by atoms with Gasteiger partial charge in [0.1, 0.15) is 6.26 Å². The van der Waals surface area contributed by atoms with E-state index in [0.29, 0.717) is 13.1 Å². The largest absolute Gasteiger partial charge is 0.364 e. The summed E-state index contributed by atoms with van der Waals surface area (Å²) in [6, 6.07) is 9.23. The van der Waals surface area contributed by atoms with Gasteiger partial charge in [-0.05, 0) is 11.1 Å². The number of hydrogen-bond donors (Lipinski definition) is 2. The predicted octanol–water partition coefficient (Wildman–Crippen LogP) is 1.06. The summed E-state index contributed by atoms with van der Waals surface area (Å²) in [5.41, 5.74) is 7.91. The first kappa shape index (κ1) is 11.3. The Labute approximate surface area is 98.6 Å². The molecule has 2 aromatic rings. The second kappa shape index (κ2) is 5.27. The Hall–Kier alpha value is -2.14. The van der Waals surface area contributed by atoms with Crippen LogP contribution in [0.4, 0.5) is 0 Å². The molecule has 0 aliphatic heterocycles. The number of benzene rings is 1. The summed E-state index contributed by atoms with van der Waals surface area (Å²) in [6.45, 7) is 0.884. The van der Waals surface area contributed by atoms with E-state index in [1.165, 1.54) is 12.3 Å². The van der Waals surface area contributed by atoms with Crippen LogP contribution in [0, 0.1) is 0 Å².